The highest BCUT2D eigenvalue weighted by molar-refractivity contribution is 5.85. The van der Waals surface area contributed by atoms with E-state index in [-0.39, 0.29) is 18.4 Å². The summed E-state index contributed by atoms with van der Waals surface area (Å²) in [7, 11) is 0. The van der Waals surface area contributed by atoms with Gasteiger partial charge in [0.15, 0.2) is 0 Å². The summed E-state index contributed by atoms with van der Waals surface area (Å²) in [4.78, 5) is 3.84. The largest absolute Gasteiger partial charge is 0.369 e. The lowest BCUT2D eigenvalue weighted by molar-refractivity contribution is 1.21. The maximum Gasteiger partial charge on any atom is 0.211 e. The van der Waals surface area contributed by atoms with Crippen molar-refractivity contribution in [2.45, 2.75) is 0 Å². The molecule has 1 rings (SSSR count). The van der Waals surface area contributed by atoms with Gasteiger partial charge in [0.05, 0.1) is 6.21 Å². The van der Waals surface area contributed by atoms with Gasteiger partial charge in [0.25, 0.3) is 0 Å². The summed E-state index contributed by atoms with van der Waals surface area (Å²) in [6.07, 6.45) is 4.87. The van der Waals surface area contributed by atoms with E-state index in [9.17, 15) is 0 Å². The number of hydrogen-bond donors (Lipinski definition) is 2. The molecule has 0 saturated heterocycles. The molecule has 0 spiro atoms. The average Bonchev–Trinajstić information content (AvgIpc) is 2.05. The molecular weight excluding hydrogens is 190 g/mol. The van der Waals surface area contributed by atoms with Crippen molar-refractivity contribution in [1.82, 2.24) is 4.98 Å². The van der Waals surface area contributed by atoms with E-state index >= 15 is 0 Å². The smallest absolute Gasteiger partial charge is 0.211 e. The van der Waals surface area contributed by atoms with E-state index in [0.29, 0.717) is 0 Å². The molecule has 0 unspecified atom stereocenters. The van der Waals surface area contributed by atoms with Crippen LogP contribution >= 0.6 is 12.4 Å². The minimum absolute atomic E-state index is 0. The molecule has 1 aromatic heterocycles. The predicted octanol–water partition coefficient (Wildman–Crippen LogP) is 0.111. The number of halogens is 1. The standard InChI is InChI=1S/C7H9N5.ClH/c8-7(9)12-11-5-6-1-3-10-4-2-6;/h1-5H,(H4,8,9,12);1H/b11-5+;. The first kappa shape index (κ1) is 11.4. The van der Waals surface area contributed by atoms with Crippen LogP contribution in [0.25, 0.3) is 0 Å². The number of nitrogens with two attached hydrogens (primary N) is 2. The Balaban J connectivity index is 0.00000144. The second-order valence-electron chi connectivity index (χ2n) is 2.05. The van der Waals surface area contributed by atoms with E-state index in [1.807, 2.05) is 0 Å². The molecule has 0 aliphatic rings. The fourth-order valence-electron chi connectivity index (χ4n) is 0.612. The Morgan fingerprint density at radius 3 is 2.46 bits per heavy atom. The number of hydrogen-bond acceptors (Lipinski definition) is 3. The summed E-state index contributed by atoms with van der Waals surface area (Å²) in [5, 5.41) is 7.07. The predicted molar refractivity (Wildman–Crippen MR) is 54.9 cm³/mol. The number of nitrogens with zero attached hydrogens (tertiary/aromatic N) is 3. The van der Waals surface area contributed by atoms with Crippen LogP contribution in [0.4, 0.5) is 0 Å². The maximum absolute atomic E-state index is 5.06. The summed E-state index contributed by atoms with van der Waals surface area (Å²) in [6.45, 7) is 0. The van der Waals surface area contributed by atoms with E-state index in [1.165, 1.54) is 0 Å². The maximum atomic E-state index is 5.06. The molecule has 70 valence electrons. The molecule has 13 heavy (non-hydrogen) atoms. The Morgan fingerprint density at radius 1 is 1.31 bits per heavy atom. The molecule has 5 nitrogen and oxygen atoms in total. The van der Waals surface area contributed by atoms with E-state index in [4.69, 9.17) is 11.5 Å². The van der Waals surface area contributed by atoms with Crippen LogP contribution in [0.2, 0.25) is 0 Å². The molecule has 0 fully saturated rings. The van der Waals surface area contributed by atoms with Gasteiger partial charge in [0, 0.05) is 12.4 Å². The first-order valence-corrected chi connectivity index (χ1v) is 3.31. The first-order valence-electron chi connectivity index (χ1n) is 3.31. The van der Waals surface area contributed by atoms with E-state index < -0.39 is 0 Å². The van der Waals surface area contributed by atoms with Crippen LogP contribution in [0.15, 0.2) is 34.7 Å². The van der Waals surface area contributed by atoms with E-state index in [1.54, 1.807) is 30.7 Å². The van der Waals surface area contributed by atoms with Crippen LogP contribution in [-0.4, -0.2) is 17.2 Å². The lowest BCUT2D eigenvalue weighted by atomic mass is 10.3. The molecule has 0 aliphatic heterocycles. The molecule has 1 heterocycles. The van der Waals surface area contributed by atoms with Crippen molar-refractivity contribution >= 4 is 24.6 Å². The quantitative estimate of drug-likeness (QED) is 0.403. The molecule has 0 aromatic carbocycles. The summed E-state index contributed by atoms with van der Waals surface area (Å²) in [5.74, 6) is -0.0553. The van der Waals surface area contributed by atoms with Gasteiger partial charge in [-0.3, -0.25) is 4.98 Å². The summed E-state index contributed by atoms with van der Waals surface area (Å²) in [5.41, 5.74) is 11.0. The molecule has 6 heteroatoms. The molecule has 0 aliphatic carbocycles. The van der Waals surface area contributed by atoms with Crippen LogP contribution in [0.3, 0.4) is 0 Å². The van der Waals surface area contributed by atoms with Crippen molar-refractivity contribution in [1.29, 1.82) is 0 Å². The van der Waals surface area contributed by atoms with E-state index in [0.717, 1.165) is 5.56 Å². The molecule has 0 bridgehead atoms. The second kappa shape index (κ2) is 5.96. The van der Waals surface area contributed by atoms with Gasteiger partial charge in [-0.15, -0.1) is 17.5 Å². The average molecular weight is 200 g/mol. The zero-order chi connectivity index (χ0) is 8.81. The minimum atomic E-state index is -0.0553. The minimum Gasteiger partial charge on any atom is -0.369 e. The molecule has 0 amide bonds. The molecule has 0 atom stereocenters. The van der Waals surface area contributed by atoms with Crippen molar-refractivity contribution in [2.24, 2.45) is 21.7 Å². The zero-order valence-corrected chi connectivity index (χ0v) is 7.61. The van der Waals surface area contributed by atoms with Gasteiger partial charge in [-0.1, -0.05) is 0 Å². The van der Waals surface area contributed by atoms with Gasteiger partial charge in [-0.25, -0.2) is 0 Å². The SMILES string of the molecule is Cl.NC(N)=N/N=C/c1ccncc1. The van der Waals surface area contributed by atoms with Gasteiger partial charge >= 0.3 is 0 Å². The lowest BCUT2D eigenvalue weighted by Gasteiger charge is -1.87. The van der Waals surface area contributed by atoms with Crippen molar-refractivity contribution < 1.29 is 0 Å². The lowest BCUT2D eigenvalue weighted by Crippen LogP contribution is -2.21. The van der Waals surface area contributed by atoms with Gasteiger partial charge < -0.3 is 11.5 Å². The summed E-state index contributed by atoms with van der Waals surface area (Å²) in [6, 6.07) is 3.59. The molecular formula is C7H10ClN5. The molecule has 0 saturated carbocycles. The highest BCUT2D eigenvalue weighted by Crippen LogP contribution is 1.90. The second-order valence-corrected chi connectivity index (χ2v) is 2.05. The van der Waals surface area contributed by atoms with Crippen molar-refractivity contribution in [3.05, 3.63) is 30.1 Å². The highest BCUT2D eigenvalue weighted by Gasteiger charge is 1.82. The van der Waals surface area contributed by atoms with Crippen molar-refractivity contribution in [2.75, 3.05) is 0 Å². The number of aromatic nitrogens is 1. The third-order valence-corrected chi connectivity index (χ3v) is 1.09. The number of pyridine rings is 1. The van der Waals surface area contributed by atoms with Gasteiger partial charge in [-0.05, 0) is 17.7 Å². The van der Waals surface area contributed by atoms with Crippen LogP contribution in [0.1, 0.15) is 5.56 Å². The van der Waals surface area contributed by atoms with Gasteiger partial charge in [-0.2, -0.15) is 5.10 Å². The number of rotatable bonds is 2. The molecule has 0 radical (unpaired) electrons. The fraction of sp³-hybridized carbons (Fsp3) is 0. The Morgan fingerprint density at radius 2 is 1.92 bits per heavy atom. The van der Waals surface area contributed by atoms with Crippen molar-refractivity contribution in [3.63, 3.8) is 0 Å². The highest BCUT2D eigenvalue weighted by atomic mass is 35.5. The third kappa shape index (κ3) is 4.76. The zero-order valence-electron chi connectivity index (χ0n) is 6.79. The monoisotopic (exact) mass is 199 g/mol. The van der Waals surface area contributed by atoms with Crippen LogP contribution in [-0.2, 0) is 0 Å². The Hall–Kier alpha value is -1.62. The third-order valence-electron chi connectivity index (χ3n) is 1.09. The topological polar surface area (TPSA) is 89.7 Å². The summed E-state index contributed by atoms with van der Waals surface area (Å²) >= 11 is 0. The van der Waals surface area contributed by atoms with Gasteiger partial charge in [0.1, 0.15) is 0 Å². The Kier molecular flexibility index (Phi) is 5.22. The molecule has 4 N–H and O–H groups in total. The summed E-state index contributed by atoms with van der Waals surface area (Å²) < 4.78 is 0. The fourth-order valence-corrected chi connectivity index (χ4v) is 0.612. The van der Waals surface area contributed by atoms with E-state index in [2.05, 4.69) is 15.2 Å². The van der Waals surface area contributed by atoms with Crippen LogP contribution in [0, 0.1) is 0 Å². The normalized spacial score (nSPS) is 9.23. The first-order chi connectivity index (χ1) is 5.79. The van der Waals surface area contributed by atoms with Crippen LogP contribution in [0.5, 0.6) is 0 Å². The Labute approximate surface area is 82.0 Å². The molecule has 1 aromatic rings. The van der Waals surface area contributed by atoms with Crippen LogP contribution < -0.4 is 11.5 Å². The van der Waals surface area contributed by atoms with Crippen molar-refractivity contribution in [3.8, 4) is 0 Å². The Bertz CT molecular complexity index is 291. The van der Waals surface area contributed by atoms with Gasteiger partial charge in [0.2, 0.25) is 5.96 Å². The number of guanidine groups is 1.